The molecule has 2 aromatic rings. The molecule has 2 aliphatic rings. The maximum Gasteiger partial charge on any atom is 0.414 e. The van der Waals surface area contributed by atoms with E-state index in [0.29, 0.717) is 26.3 Å². The minimum Gasteiger partial charge on any atom is -0.474 e. The van der Waals surface area contributed by atoms with Crippen LogP contribution in [0.3, 0.4) is 0 Å². The summed E-state index contributed by atoms with van der Waals surface area (Å²) in [4.78, 5) is 51.7. The van der Waals surface area contributed by atoms with E-state index >= 15 is 0 Å². The van der Waals surface area contributed by atoms with E-state index in [9.17, 15) is 19.2 Å². The second kappa shape index (κ2) is 10.3. The Bertz CT molecular complexity index is 1120. The third-order valence-electron chi connectivity index (χ3n) is 5.59. The van der Waals surface area contributed by atoms with E-state index < -0.39 is 24.1 Å². The minimum absolute atomic E-state index is 0.116. The van der Waals surface area contributed by atoms with E-state index in [0.717, 1.165) is 43.7 Å². The number of cyclic esters (lactones) is 1. The van der Waals surface area contributed by atoms with Crippen molar-refractivity contribution in [2.75, 3.05) is 41.3 Å². The summed E-state index contributed by atoms with van der Waals surface area (Å²) in [6.07, 6.45) is 1.93. The van der Waals surface area contributed by atoms with E-state index in [1.807, 2.05) is 0 Å². The van der Waals surface area contributed by atoms with Crippen molar-refractivity contribution in [3.8, 4) is 0 Å². The first kappa shape index (κ1) is 23.8. The zero-order valence-corrected chi connectivity index (χ0v) is 19.7. The first-order chi connectivity index (χ1) is 16.3. The summed E-state index contributed by atoms with van der Waals surface area (Å²) < 4.78 is 5.89. The van der Waals surface area contributed by atoms with Crippen molar-refractivity contribution in [2.24, 2.45) is 0 Å². The first-order valence-electron chi connectivity index (χ1n) is 10.8. The van der Waals surface area contributed by atoms with Crippen LogP contribution in [0, 0.1) is 0 Å². The van der Waals surface area contributed by atoms with Crippen LogP contribution in [0.25, 0.3) is 0 Å². The van der Waals surface area contributed by atoms with Crippen LogP contribution in [0.2, 0.25) is 4.34 Å². The molecule has 3 heterocycles. The summed E-state index contributed by atoms with van der Waals surface area (Å²) >= 11 is 7.01. The molecule has 2 fully saturated rings. The van der Waals surface area contributed by atoms with Gasteiger partial charge in [0.15, 0.2) is 0 Å². The molecule has 0 radical (unpaired) electrons. The van der Waals surface area contributed by atoms with Crippen LogP contribution in [-0.2, 0) is 14.3 Å². The number of anilines is 3. The Kier molecular flexibility index (Phi) is 7.23. The summed E-state index contributed by atoms with van der Waals surface area (Å²) in [6.45, 7) is 1.88. The maximum absolute atomic E-state index is 12.5. The lowest BCUT2D eigenvalue weighted by Gasteiger charge is -2.31. The molecule has 1 unspecified atom stereocenters. The first-order valence-corrected chi connectivity index (χ1v) is 12.0. The molecule has 3 N–H and O–H groups in total. The summed E-state index contributed by atoms with van der Waals surface area (Å²) in [5.41, 5.74) is 1.46. The van der Waals surface area contributed by atoms with Crippen LogP contribution in [-0.4, -0.2) is 61.3 Å². The number of nitrogens with one attached hydrogen (secondary N) is 2. The topological polar surface area (TPSA) is 128 Å². The highest BCUT2D eigenvalue weighted by Crippen LogP contribution is 2.34. The number of carboxylic acids is 1. The molecule has 1 aromatic heterocycles. The Morgan fingerprint density at radius 2 is 1.91 bits per heavy atom. The predicted molar refractivity (Wildman–Crippen MR) is 128 cm³/mol. The number of benzene rings is 1. The Balaban J connectivity index is 1.47. The molecule has 2 saturated heterocycles. The van der Waals surface area contributed by atoms with Gasteiger partial charge in [-0.05, 0) is 49.6 Å². The molecule has 34 heavy (non-hydrogen) atoms. The number of carbonyl (C=O) groups is 4. The molecule has 3 amide bonds. The number of nitrogens with zero attached hydrogens (tertiary/aromatic N) is 2. The highest BCUT2D eigenvalue weighted by atomic mass is 35.5. The molecule has 4 rings (SSSR count). The molecule has 1 aromatic carbocycles. The third-order valence-corrected chi connectivity index (χ3v) is 6.82. The summed E-state index contributed by atoms with van der Waals surface area (Å²) in [7, 11) is 0. The highest BCUT2D eigenvalue weighted by Gasteiger charge is 2.33. The minimum atomic E-state index is -1.60. The second-order valence-corrected chi connectivity index (χ2v) is 9.65. The van der Waals surface area contributed by atoms with Crippen molar-refractivity contribution >= 4 is 63.9 Å². The number of rotatable bonds is 6. The van der Waals surface area contributed by atoms with Gasteiger partial charge in [-0.15, -0.1) is 11.3 Å². The molecule has 0 saturated carbocycles. The molecule has 12 heteroatoms. The van der Waals surface area contributed by atoms with Gasteiger partial charge in [0.05, 0.1) is 33.7 Å². The van der Waals surface area contributed by atoms with E-state index in [4.69, 9.17) is 21.4 Å². The Labute approximate surface area is 204 Å². The van der Waals surface area contributed by atoms with Crippen LogP contribution in [0.5, 0.6) is 0 Å². The molecule has 2 aliphatic heterocycles. The SMILES string of the molecule is O=C(O)C(=O)Nc1cc(N2CC(CNC(=O)c3ccc(Cl)s3)OC2=O)ccc1N1CCCCC1. The van der Waals surface area contributed by atoms with Crippen LogP contribution in [0.15, 0.2) is 30.3 Å². The normalized spacial score (nSPS) is 17.9. The van der Waals surface area contributed by atoms with Gasteiger partial charge in [-0.2, -0.15) is 0 Å². The number of aliphatic carboxylic acids is 1. The van der Waals surface area contributed by atoms with E-state index in [1.54, 1.807) is 30.3 Å². The van der Waals surface area contributed by atoms with Crippen molar-refractivity contribution < 1.29 is 29.0 Å². The van der Waals surface area contributed by atoms with Crippen LogP contribution in [0.4, 0.5) is 21.9 Å². The molecular formula is C22H23ClN4O6S. The fourth-order valence-corrected chi connectivity index (χ4v) is 4.91. The smallest absolute Gasteiger partial charge is 0.414 e. The van der Waals surface area contributed by atoms with Crippen molar-refractivity contribution in [2.45, 2.75) is 25.4 Å². The van der Waals surface area contributed by atoms with E-state index in [1.165, 1.54) is 4.90 Å². The van der Waals surface area contributed by atoms with Gasteiger partial charge < -0.3 is 25.4 Å². The van der Waals surface area contributed by atoms with Gasteiger partial charge in [-0.3, -0.25) is 14.5 Å². The molecule has 0 spiro atoms. The van der Waals surface area contributed by atoms with Gasteiger partial charge in [0.25, 0.3) is 5.91 Å². The number of hydrogen-bond donors (Lipinski definition) is 3. The van der Waals surface area contributed by atoms with Crippen molar-refractivity contribution in [1.82, 2.24) is 5.32 Å². The predicted octanol–water partition coefficient (Wildman–Crippen LogP) is 3.17. The zero-order valence-electron chi connectivity index (χ0n) is 18.1. The van der Waals surface area contributed by atoms with Gasteiger partial charge in [0.2, 0.25) is 0 Å². The monoisotopic (exact) mass is 506 g/mol. The van der Waals surface area contributed by atoms with Gasteiger partial charge >= 0.3 is 18.0 Å². The molecule has 10 nitrogen and oxygen atoms in total. The fraction of sp³-hybridized carbons (Fsp3) is 0.364. The lowest BCUT2D eigenvalue weighted by molar-refractivity contribution is -0.147. The van der Waals surface area contributed by atoms with Crippen LogP contribution >= 0.6 is 22.9 Å². The summed E-state index contributed by atoms with van der Waals surface area (Å²) in [5.74, 6) is -3.07. The van der Waals surface area contributed by atoms with E-state index in [-0.39, 0.29) is 19.0 Å². The van der Waals surface area contributed by atoms with Crippen molar-refractivity contribution in [3.05, 3.63) is 39.5 Å². The Morgan fingerprint density at radius 3 is 2.59 bits per heavy atom. The maximum atomic E-state index is 12.5. The molecule has 0 bridgehead atoms. The lowest BCUT2D eigenvalue weighted by atomic mass is 10.1. The quantitative estimate of drug-likeness (QED) is 0.513. The van der Waals surface area contributed by atoms with Crippen LogP contribution < -0.4 is 20.4 Å². The number of ether oxygens (including phenoxy) is 1. The van der Waals surface area contributed by atoms with Crippen molar-refractivity contribution in [1.29, 1.82) is 0 Å². The number of carboxylic acid groups (broad SMARTS) is 1. The number of piperidine rings is 1. The number of thiophene rings is 1. The number of carbonyl (C=O) groups excluding carboxylic acids is 3. The number of amides is 3. The Hall–Kier alpha value is -3.31. The van der Waals surface area contributed by atoms with Gasteiger partial charge in [-0.1, -0.05) is 11.6 Å². The average molecular weight is 507 g/mol. The lowest BCUT2D eigenvalue weighted by Crippen LogP contribution is -2.34. The largest absolute Gasteiger partial charge is 0.474 e. The number of halogens is 1. The van der Waals surface area contributed by atoms with Gasteiger partial charge in [-0.25, -0.2) is 9.59 Å². The second-order valence-electron chi connectivity index (χ2n) is 7.94. The highest BCUT2D eigenvalue weighted by molar-refractivity contribution is 7.18. The average Bonchev–Trinajstić information content (AvgIpc) is 3.43. The standard InChI is InChI=1S/C22H23ClN4O6S/c23-18-7-6-17(34-18)19(28)24-11-14-12-27(22(32)33-14)13-4-5-16(26-8-2-1-3-9-26)15(10-13)25-20(29)21(30)31/h4-7,10,14H,1-3,8-9,11-12H2,(H,24,28)(H,25,29)(H,30,31). The van der Waals surface area contributed by atoms with E-state index in [2.05, 4.69) is 15.5 Å². The van der Waals surface area contributed by atoms with Crippen LogP contribution in [0.1, 0.15) is 28.9 Å². The van der Waals surface area contributed by atoms with Gasteiger partial charge in [0.1, 0.15) is 6.10 Å². The summed E-state index contributed by atoms with van der Waals surface area (Å²) in [5, 5.41) is 14.2. The Morgan fingerprint density at radius 1 is 1.15 bits per heavy atom. The number of hydrogen-bond acceptors (Lipinski definition) is 7. The molecular weight excluding hydrogens is 484 g/mol. The zero-order chi connectivity index (χ0) is 24.2. The van der Waals surface area contributed by atoms with Gasteiger partial charge in [0, 0.05) is 18.8 Å². The molecule has 1 atom stereocenters. The third kappa shape index (κ3) is 5.42. The summed E-state index contributed by atoms with van der Waals surface area (Å²) in [6, 6.07) is 8.32. The molecule has 180 valence electrons. The fourth-order valence-electron chi connectivity index (χ4n) is 3.95. The molecule has 0 aliphatic carbocycles. The van der Waals surface area contributed by atoms with Crippen molar-refractivity contribution in [3.63, 3.8) is 0 Å².